The molecule has 1 aromatic heterocycles. The van der Waals surface area contributed by atoms with Crippen molar-refractivity contribution in [3.63, 3.8) is 0 Å². The van der Waals surface area contributed by atoms with Gasteiger partial charge in [-0.2, -0.15) is 0 Å². The Labute approximate surface area is 96.5 Å². The highest BCUT2D eigenvalue weighted by molar-refractivity contribution is 7.91. The molecular formula is C8H3F4NO2S2. The molecule has 0 saturated heterocycles. The van der Waals surface area contributed by atoms with Gasteiger partial charge in [-0.15, -0.1) is 11.3 Å². The lowest BCUT2D eigenvalue weighted by Crippen LogP contribution is -2.09. The van der Waals surface area contributed by atoms with Crippen LogP contribution in [0, 0.1) is 23.3 Å². The Balaban J connectivity index is 2.96. The highest BCUT2D eigenvalue weighted by atomic mass is 32.2. The summed E-state index contributed by atoms with van der Waals surface area (Å²) < 4.78 is 72.9. The smallest absolute Gasteiger partial charge is 0.224 e. The van der Waals surface area contributed by atoms with Gasteiger partial charge in [0.05, 0.1) is 4.70 Å². The number of hydrogen-bond donors (Lipinski definition) is 1. The van der Waals surface area contributed by atoms with Crippen LogP contribution < -0.4 is 5.14 Å². The van der Waals surface area contributed by atoms with Crippen molar-refractivity contribution in [2.45, 2.75) is 4.21 Å². The van der Waals surface area contributed by atoms with Crippen molar-refractivity contribution >= 4 is 31.4 Å². The Kier molecular flexibility index (Phi) is 2.64. The third-order valence-corrected chi connectivity index (χ3v) is 4.55. The van der Waals surface area contributed by atoms with Gasteiger partial charge in [0.15, 0.2) is 23.3 Å². The van der Waals surface area contributed by atoms with Gasteiger partial charge in [0, 0.05) is 5.39 Å². The first-order chi connectivity index (χ1) is 7.73. The largest absolute Gasteiger partial charge is 0.247 e. The van der Waals surface area contributed by atoms with Gasteiger partial charge in [0.1, 0.15) is 4.21 Å². The van der Waals surface area contributed by atoms with E-state index in [4.69, 9.17) is 5.14 Å². The maximum Gasteiger partial charge on any atom is 0.247 e. The molecule has 0 bridgehead atoms. The summed E-state index contributed by atoms with van der Waals surface area (Å²) in [5.74, 6) is -7.27. The minimum absolute atomic E-state index is 0.233. The summed E-state index contributed by atoms with van der Waals surface area (Å²) in [5, 5.41) is 4.09. The summed E-state index contributed by atoms with van der Waals surface area (Å²) in [6.07, 6.45) is 0. The first-order valence-corrected chi connectivity index (χ1v) is 6.38. The topological polar surface area (TPSA) is 60.2 Å². The van der Waals surface area contributed by atoms with E-state index in [0.29, 0.717) is 6.07 Å². The fourth-order valence-electron chi connectivity index (χ4n) is 1.25. The maximum atomic E-state index is 13.2. The van der Waals surface area contributed by atoms with E-state index in [9.17, 15) is 26.0 Å². The molecular weight excluding hydrogens is 282 g/mol. The van der Waals surface area contributed by atoms with E-state index in [1.54, 1.807) is 0 Å². The predicted octanol–water partition coefficient (Wildman–Crippen LogP) is 2.11. The molecule has 0 aliphatic carbocycles. The van der Waals surface area contributed by atoms with Crippen LogP contribution in [-0.2, 0) is 10.0 Å². The van der Waals surface area contributed by atoms with Gasteiger partial charge in [-0.1, -0.05) is 0 Å². The molecule has 0 aliphatic rings. The van der Waals surface area contributed by atoms with Crippen LogP contribution in [-0.4, -0.2) is 8.42 Å². The summed E-state index contributed by atoms with van der Waals surface area (Å²) in [7, 11) is -4.18. The van der Waals surface area contributed by atoms with Gasteiger partial charge in [0.2, 0.25) is 10.0 Å². The fraction of sp³-hybridized carbons (Fsp3) is 0. The Morgan fingerprint density at radius 3 is 2.06 bits per heavy atom. The van der Waals surface area contributed by atoms with Crippen molar-refractivity contribution in [1.82, 2.24) is 0 Å². The quantitative estimate of drug-likeness (QED) is 0.495. The molecule has 2 rings (SSSR count). The number of fused-ring (bicyclic) bond motifs is 1. The lowest BCUT2D eigenvalue weighted by atomic mass is 10.2. The van der Waals surface area contributed by atoms with Gasteiger partial charge in [-0.25, -0.2) is 31.1 Å². The Bertz CT molecular complexity index is 678. The molecule has 0 aliphatic heterocycles. The highest BCUT2D eigenvalue weighted by Gasteiger charge is 2.24. The van der Waals surface area contributed by atoms with Crippen LogP contribution in [0.5, 0.6) is 0 Å². The zero-order valence-corrected chi connectivity index (χ0v) is 9.43. The zero-order chi connectivity index (χ0) is 13.0. The van der Waals surface area contributed by atoms with E-state index in [2.05, 4.69) is 0 Å². The number of nitrogens with two attached hydrogens (primary N) is 1. The van der Waals surface area contributed by atoms with Gasteiger partial charge in [0.25, 0.3) is 0 Å². The van der Waals surface area contributed by atoms with Crippen molar-refractivity contribution in [3.8, 4) is 0 Å². The molecule has 2 aromatic rings. The van der Waals surface area contributed by atoms with Gasteiger partial charge >= 0.3 is 0 Å². The number of hydrogen-bond acceptors (Lipinski definition) is 3. The summed E-state index contributed by atoms with van der Waals surface area (Å²) in [6, 6.07) is 0.663. The monoisotopic (exact) mass is 285 g/mol. The fourth-order valence-corrected chi connectivity index (χ4v) is 3.06. The highest BCUT2D eigenvalue weighted by Crippen LogP contribution is 2.34. The molecule has 0 radical (unpaired) electrons. The number of thiophene rings is 1. The van der Waals surface area contributed by atoms with Crippen LogP contribution in [0.3, 0.4) is 0 Å². The molecule has 3 nitrogen and oxygen atoms in total. The summed E-state index contributed by atoms with van der Waals surface area (Å²) >= 11 is 0.233. The van der Waals surface area contributed by atoms with E-state index in [1.807, 2.05) is 0 Å². The van der Waals surface area contributed by atoms with Crippen molar-refractivity contribution in [3.05, 3.63) is 29.3 Å². The van der Waals surface area contributed by atoms with Crippen molar-refractivity contribution in [2.75, 3.05) is 0 Å². The summed E-state index contributed by atoms with van der Waals surface area (Å²) in [5.41, 5.74) is 0. The lowest BCUT2D eigenvalue weighted by Gasteiger charge is -1.98. The Morgan fingerprint density at radius 2 is 1.53 bits per heavy atom. The van der Waals surface area contributed by atoms with Gasteiger partial charge in [-0.05, 0) is 6.07 Å². The molecule has 9 heteroatoms. The number of benzene rings is 1. The minimum Gasteiger partial charge on any atom is -0.224 e. The second-order valence-corrected chi connectivity index (χ2v) is 5.95. The number of sulfonamides is 1. The molecule has 92 valence electrons. The second kappa shape index (κ2) is 3.65. The van der Waals surface area contributed by atoms with Gasteiger partial charge < -0.3 is 0 Å². The first kappa shape index (κ1) is 12.3. The molecule has 0 amide bonds. The molecule has 1 aromatic carbocycles. The average molecular weight is 285 g/mol. The normalized spacial score (nSPS) is 12.3. The van der Waals surface area contributed by atoms with E-state index in [1.165, 1.54) is 0 Å². The molecule has 0 spiro atoms. The first-order valence-electron chi connectivity index (χ1n) is 4.01. The van der Waals surface area contributed by atoms with Crippen LogP contribution in [0.1, 0.15) is 0 Å². The van der Waals surface area contributed by atoms with E-state index < -0.39 is 47.6 Å². The van der Waals surface area contributed by atoms with Crippen molar-refractivity contribution in [2.24, 2.45) is 5.14 Å². The third kappa shape index (κ3) is 1.79. The van der Waals surface area contributed by atoms with E-state index >= 15 is 0 Å². The molecule has 1 heterocycles. The SMILES string of the molecule is NS(=O)(=O)c1cc2c(F)c(F)c(F)c(F)c2s1. The number of primary sulfonamides is 1. The third-order valence-electron chi connectivity index (χ3n) is 2.00. The van der Waals surface area contributed by atoms with Gasteiger partial charge in [-0.3, -0.25) is 0 Å². The Hall–Kier alpha value is -1.19. The van der Waals surface area contributed by atoms with Crippen LogP contribution in [0.25, 0.3) is 10.1 Å². The van der Waals surface area contributed by atoms with Crippen LogP contribution in [0.4, 0.5) is 17.6 Å². The molecule has 0 unspecified atom stereocenters. The second-order valence-electron chi connectivity index (χ2n) is 3.11. The number of rotatable bonds is 1. The molecule has 17 heavy (non-hydrogen) atoms. The van der Waals surface area contributed by atoms with Crippen LogP contribution >= 0.6 is 11.3 Å². The van der Waals surface area contributed by atoms with Crippen molar-refractivity contribution in [1.29, 1.82) is 0 Å². The zero-order valence-electron chi connectivity index (χ0n) is 7.80. The number of halogens is 4. The van der Waals surface area contributed by atoms with E-state index in [0.717, 1.165) is 0 Å². The van der Waals surface area contributed by atoms with Crippen LogP contribution in [0.2, 0.25) is 0 Å². The summed E-state index contributed by atoms with van der Waals surface area (Å²) in [6.45, 7) is 0. The van der Waals surface area contributed by atoms with Crippen molar-refractivity contribution < 1.29 is 26.0 Å². The van der Waals surface area contributed by atoms with E-state index in [-0.39, 0.29) is 11.3 Å². The molecule has 0 saturated carbocycles. The average Bonchev–Trinajstić information content (AvgIpc) is 2.67. The minimum atomic E-state index is -4.18. The Morgan fingerprint density at radius 1 is 1.00 bits per heavy atom. The maximum absolute atomic E-state index is 13.2. The molecule has 0 atom stereocenters. The molecule has 0 fully saturated rings. The summed E-state index contributed by atoms with van der Waals surface area (Å²) in [4.78, 5) is 0. The van der Waals surface area contributed by atoms with Crippen LogP contribution in [0.15, 0.2) is 10.3 Å². The molecule has 2 N–H and O–H groups in total. The standard InChI is InChI=1S/C8H3F4NO2S2/c9-4-2-1-3(17(13,14)15)16-8(2)7(12)6(11)5(4)10/h1H,(H2,13,14,15). The lowest BCUT2D eigenvalue weighted by molar-refractivity contribution is 0.418. The predicted molar refractivity (Wildman–Crippen MR) is 53.0 cm³/mol.